The van der Waals surface area contributed by atoms with Crippen LogP contribution in [0.2, 0.25) is 0 Å². The van der Waals surface area contributed by atoms with Gasteiger partial charge in [-0.25, -0.2) is 28.7 Å². The third-order valence-corrected chi connectivity index (χ3v) is 5.61. The second-order valence-corrected chi connectivity index (χ2v) is 8.34. The highest BCUT2D eigenvalue weighted by Gasteiger charge is 2.47. The number of likely N-dealkylation sites (tertiary alicyclic amines) is 1. The van der Waals surface area contributed by atoms with Crippen molar-refractivity contribution in [1.29, 1.82) is 0 Å². The molecule has 1 saturated heterocycles. The van der Waals surface area contributed by atoms with Crippen molar-refractivity contribution in [3.63, 3.8) is 0 Å². The third-order valence-electron chi connectivity index (χ3n) is 5.61. The van der Waals surface area contributed by atoms with E-state index in [1.54, 1.807) is 20.0 Å². The summed E-state index contributed by atoms with van der Waals surface area (Å²) in [6.45, 7) is 0.706. The molecule has 9 nitrogen and oxygen atoms in total. The van der Waals surface area contributed by atoms with Crippen molar-refractivity contribution in [2.75, 3.05) is 18.4 Å². The Labute approximate surface area is 196 Å². The molecule has 1 aliphatic heterocycles. The minimum Gasteiger partial charge on any atom is -0.367 e. The van der Waals surface area contributed by atoms with Crippen molar-refractivity contribution < 1.29 is 26.7 Å². The normalized spacial score (nSPS) is 20.0. The van der Waals surface area contributed by atoms with E-state index in [-0.39, 0.29) is 23.9 Å². The van der Waals surface area contributed by atoms with Crippen LogP contribution in [0.5, 0.6) is 0 Å². The van der Waals surface area contributed by atoms with Crippen molar-refractivity contribution in [2.24, 2.45) is 13.0 Å². The molecule has 0 aromatic carbocycles. The lowest BCUT2D eigenvalue weighted by Crippen LogP contribution is -2.57. The summed E-state index contributed by atoms with van der Waals surface area (Å²) in [7, 11) is 1.58. The predicted molar refractivity (Wildman–Crippen MR) is 113 cm³/mol. The lowest BCUT2D eigenvalue weighted by Gasteiger charge is -2.43. The molecule has 0 spiro atoms. The standard InChI is InChI=1S/C21H21F5N8O/c1-12-6-20(22,23)11-34(14(12)7-30-16-9-29-15(8-31-16)21(24,25)26)19(35)17-13(10-33(2)32-17)18-27-4-3-5-28-18/h3-5,8-10,12,14H,6-7,11H2,1-2H3,(H,30,31)/t12?,14-/m1/s1. The van der Waals surface area contributed by atoms with Gasteiger partial charge in [-0.2, -0.15) is 18.3 Å². The molecule has 0 saturated carbocycles. The number of carbonyl (C=O) groups excluding carboxylic acids is 1. The highest BCUT2D eigenvalue weighted by molar-refractivity contribution is 5.98. The van der Waals surface area contributed by atoms with Crippen molar-refractivity contribution in [3.8, 4) is 11.4 Å². The van der Waals surface area contributed by atoms with Gasteiger partial charge in [-0.1, -0.05) is 6.92 Å². The Morgan fingerprint density at radius 3 is 2.51 bits per heavy atom. The van der Waals surface area contributed by atoms with Gasteiger partial charge < -0.3 is 10.2 Å². The molecule has 4 heterocycles. The molecule has 3 aromatic heterocycles. The van der Waals surface area contributed by atoms with E-state index >= 15 is 0 Å². The molecule has 186 valence electrons. The number of rotatable bonds is 5. The number of anilines is 1. The Kier molecular flexibility index (Phi) is 6.38. The number of piperidine rings is 1. The van der Waals surface area contributed by atoms with Gasteiger partial charge in [-0.15, -0.1) is 0 Å². The average molecular weight is 496 g/mol. The van der Waals surface area contributed by atoms with Gasteiger partial charge in [0.15, 0.2) is 17.2 Å². The molecule has 1 N–H and O–H groups in total. The van der Waals surface area contributed by atoms with Gasteiger partial charge in [-0.05, 0) is 12.0 Å². The number of amides is 1. The maximum absolute atomic E-state index is 14.5. The first kappa shape index (κ1) is 24.4. The van der Waals surface area contributed by atoms with Gasteiger partial charge >= 0.3 is 6.18 Å². The average Bonchev–Trinajstić information content (AvgIpc) is 3.19. The van der Waals surface area contributed by atoms with Gasteiger partial charge in [0.25, 0.3) is 11.8 Å². The van der Waals surface area contributed by atoms with E-state index in [0.29, 0.717) is 11.8 Å². The minimum atomic E-state index is -4.64. The van der Waals surface area contributed by atoms with Crippen LogP contribution in [0.25, 0.3) is 11.4 Å². The van der Waals surface area contributed by atoms with Crippen molar-refractivity contribution in [1.82, 2.24) is 34.6 Å². The van der Waals surface area contributed by atoms with Gasteiger partial charge in [0, 0.05) is 38.6 Å². The van der Waals surface area contributed by atoms with E-state index < -0.39 is 48.6 Å². The topological polar surface area (TPSA) is 102 Å². The number of hydrogen-bond acceptors (Lipinski definition) is 7. The molecule has 3 aromatic rings. The van der Waals surface area contributed by atoms with Crippen LogP contribution in [-0.2, 0) is 13.2 Å². The van der Waals surface area contributed by atoms with Crippen molar-refractivity contribution >= 4 is 11.7 Å². The van der Waals surface area contributed by atoms with E-state index in [1.807, 2.05) is 0 Å². The highest BCUT2D eigenvalue weighted by Crippen LogP contribution is 2.36. The number of aryl methyl sites for hydroxylation is 1. The van der Waals surface area contributed by atoms with Crippen LogP contribution in [0.15, 0.2) is 37.1 Å². The van der Waals surface area contributed by atoms with Crippen LogP contribution in [-0.4, -0.2) is 65.6 Å². The summed E-state index contributed by atoms with van der Waals surface area (Å²) in [5, 5.41) is 6.98. The number of aromatic nitrogens is 6. The van der Waals surface area contributed by atoms with Crippen LogP contribution in [0.4, 0.5) is 27.8 Å². The van der Waals surface area contributed by atoms with Crippen LogP contribution in [0.3, 0.4) is 0 Å². The van der Waals surface area contributed by atoms with E-state index in [0.717, 1.165) is 11.1 Å². The zero-order chi connectivity index (χ0) is 25.4. The molecule has 1 aliphatic rings. The quantitative estimate of drug-likeness (QED) is 0.541. The summed E-state index contributed by atoms with van der Waals surface area (Å²) in [4.78, 5) is 29.8. The van der Waals surface area contributed by atoms with E-state index in [4.69, 9.17) is 0 Å². The SMILES string of the molecule is CC1CC(F)(F)CN(C(=O)c2nn(C)cc2-c2ncccn2)[C@@H]1CNc1cnc(C(F)(F)F)cn1. The van der Waals surface area contributed by atoms with Gasteiger partial charge in [0.05, 0.1) is 30.5 Å². The summed E-state index contributed by atoms with van der Waals surface area (Å²) < 4.78 is 68.6. The Hall–Kier alpha value is -3.71. The smallest absolute Gasteiger partial charge is 0.367 e. The number of halogens is 5. The largest absolute Gasteiger partial charge is 0.434 e. The second-order valence-electron chi connectivity index (χ2n) is 8.34. The summed E-state index contributed by atoms with van der Waals surface area (Å²) in [6.07, 6.45) is 0.875. The maximum Gasteiger partial charge on any atom is 0.434 e. The molecule has 2 atom stereocenters. The van der Waals surface area contributed by atoms with Crippen molar-refractivity contribution in [2.45, 2.75) is 31.5 Å². The highest BCUT2D eigenvalue weighted by atomic mass is 19.4. The first-order valence-corrected chi connectivity index (χ1v) is 10.6. The zero-order valence-electron chi connectivity index (χ0n) is 18.7. The molecule has 0 radical (unpaired) electrons. The Bertz CT molecular complexity index is 1180. The lowest BCUT2D eigenvalue weighted by molar-refractivity contribution is -0.141. The summed E-state index contributed by atoms with van der Waals surface area (Å²) in [5.41, 5.74) is -0.945. The number of alkyl halides is 5. The lowest BCUT2D eigenvalue weighted by atomic mass is 9.88. The molecule has 1 amide bonds. The Balaban J connectivity index is 1.60. The van der Waals surface area contributed by atoms with Crippen LogP contribution >= 0.6 is 0 Å². The monoisotopic (exact) mass is 496 g/mol. The molecular weight excluding hydrogens is 475 g/mol. The molecule has 0 aliphatic carbocycles. The second kappa shape index (κ2) is 9.15. The third kappa shape index (κ3) is 5.35. The van der Waals surface area contributed by atoms with Crippen LogP contribution in [0, 0.1) is 5.92 Å². The Morgan fingerprint density at radius 1 is 1.17 bits per heavy atom. The van der Waals surface area contributed by atoms with Gasteiger partial charge in [0.2, 0.25) is 0 Å². The first-order valence-electron chi connectivity index (χ1n) is 10.6. The number of hydrogen-bond donors (Lipinski definition) is 1. The molecule has 1 unspecified atom stereocenters. The molecule has 4 rings (SSSR count). The molecule has 35 heavy (non-hydrogen) atoms. The fourth-order valence-corrected chi connectivity index (χ4v) is 4.04. The molecule has 14 heteroatoms. The number of carbonyl (C=O) groups is 1. The summed E-state index contributed by atoms with van der Waals surface area (Å²) in [6, 6.07) is 0.873. The predicted octanol–water partition coefficient (Wildman–Crippen LogP) is 3.28. The van der Waals surface area contributed by atoms with Crippen LogP contribution in [0.1, 0.15) is 29.5 Å². The number of nitrogens with one attached hydrogen (secondary N) is 1. The van der Waals surface area contributed by atoms with Gasteiger partial charge in [0.1, 0.15) is 5.82 Å². The fraction of sp³-hybridized carbons (Fsp3) is 0.429. The summed E-state index contributed by atoms with van der Waals surface area (Å²) in [5.74, 6) is -4.26. The van der Waals surface area contributed by atoms with Crippen LogP contribution < -0.4 is 5.32 Å². The molecular formula is C21H21F5N8O. The summed E-state index contributed by atoms with van der Waals surface area (Å²) >= 11 is 0. The fourth-order valence-electron chi connectivity index (χ4n) is 4.04. The maximum atomic E-state index is 14.5. The zero-order valence-corrected chi connectivity index (χ0v) is 18.7. The van der Waals surface area contributed by atoms with E-state index in [2.05, 4.69) is 30.4 Å². The van der Waals surface area contributed by atoms with E-state index in [1.165, 1.54) is 23.3 Å². The first-order chi connectivity index (χ1) is 16.4. The van der Waals surface area contributed by atoms with E-state index in [9.17, 15) is 26.7 Å². The van der Waals surface area contributed by atoms with Crippen molar-refractivity contribution in [3.05, 3.63) is 48.4 Å². The minimum absolute atomic E-state index is 0.0196. The van der Waals surface area contributed by atoms with Gasteiger partial charge in [-0.3, -0.25) is 9.48 Å². The molecule has 0 bridgehead atoms. The molecule has 1 fully saturated rings. The number of nitrogens with zero attached hydrogens (tertiary/aromatic N) is 7. The Morgan fingerprint density at radius 2 is 1.89 bits per heavy atom.